The lowest BCUT2D eigenvalue weighted by atomic mass is 10.1. The molecule has 2 aliphatic rings. The smallest absolute Gasteiger partial charge is 0.293 e. The Hall–Kier alpha value is -4.86. The molecule has 2 aliphatic heterocycles. The summed E-state index contributed by atoms with van der Waals surface area (Å²) in [5.41, 5.74) is 3.05. The number of nitro groups is 1. The van der Waals surface area contributed by atoms with Crippen LogP contribution in [0.2, 0.25) is 0 Å². The standard InChI is InChI=1S/C31H31N5O5/c37-30(23-8-13-26(27(20-23)36(39)40)34-14-4-1-5-15-34)32-24-9-11-25(12-10-24)33-16-18-35(19-17-33)31(38)29-21-22-6-2-3-7-28(22)41-29/h2-3,6-13,20-21H,1,4-5,14-19H2,(H,32,37). The molecule has 1 N–H and O–H groups in total. The molecule has 2 fully saturated rings. The molecule has 210 valence electrons. The van der Waals surface area contributed by atoms with Gasteiger partial charge in [-0.1, -0.05) is 18.2 Å². The third-order valence-electron chi connectivity index (χ3n) is 7.82. The van der Waals surface area contributed by atoms with Crippen molar-refractivity contribution in [3.63, 3.8) is 0 Å². The van der Waals surface area contributed by atoms with Gasteiger partial charge in [-0.2, -0.15) is 0 Å². The van der Waals surface area contributed by atoms with Crippen molar-refractivity contribution in [2.24, 2.45) is 0 Å². The molecule has 0 spiro atoms. The van der Waals surface area contributed by atoms with E-state index >= 15 is 0 Å². The highest BCUT2D eigenvalue weighted by Gasteiger charge is 2.26. The Morgan fingerprint density at radius 3 is 2.24 bits per heavy atom. The van der Waals surface area contributed by atoms with Crippen molar-refractivity contribution in [3.8, 4) is 0 Å². The number of piperidine rings is 1. The molecule has 0 unspecified atom stereocenters. The van der Waals surface area contributed by atoms with Gasteiger partial charge in [-0.05, 0) is 67.8 Å². The molecule has 3 aromatic carbocycles. The van der Waals surface area contributed by atoms with Crippen molar-refractivity contribution in [3.05, 3.63) is 94.2 Å². The zero-order chi connectivity index (χ0) is 28.3. The first-order chi connectivity index (χ1) is 20.0. The zero-order valence-corrected chi connectivity index (χ0v) is 22.6. The lowest BCUT2D eigenvalue weighted by Gasteiger charge is -2.35. The van der Waals surface area contributed by atoms with Gasteiger partial charge in [-0.25, -0.2) is 0 Å². The number of carbonyl (C=O) groups is 2. The first-order valence-electron chi connectivity index (χ1n) is 13.9. The van der Waals surface area contributed by atoms with Gasteiger partial charge in [-0.15, -0.1) is 0 Å². The lowest BCUT2D eigenvalue weighted by Crippen LogP contribution is -2.48. The summed E-state index contributed by atoms with van der Waals surface area (Å²) in [6.07, 6.45) is 3.14. The summed E-state index contributed by atoms with van der Waals surface area (Å²) < 4.78 is 5.75. The molecule has 2 amide bonds. The summed E-state index contributed by atoms with van der Waals surface area (Å²) in [6, 6.07) is 21.5. The average Bonchev–Trinajstić information content (AvgIpc) is 3.46. The number of furan rings is 1. The maximum absolute atomic E-state index is 13.0. The van der Waals surface area contributed by atoms with Crippen molar-refractivity contribution >= 4 is 45.5 Å². The van der Waals surface area contributed by atoms with Crippen molar-refractivity contribution in [1.82, 2.24) is 4.90 Å². The number of carbonyl (C=O) groups excluding carboxylic acids is 2. The molecule has 3 heterocycles. The molecule has 2 saturated heterocycles. The van der Waals surface area contributed by atoms with Crippen molar-refractivity contribution in [2.75, 3.05) is 54.4 Å². The highest BCUT2D eigenvalue weighted by molar-refractivity contribution is 6.05. The molecule has 0 saturated carbocycles. The average molecular weight is 554 g/mol. The summed E-state index contributed by atoms with van der Waals surface area (Å²) >= 11 is 0. The number of hydrogen-bond donors (Lipinski definition) is 1. The van der Waals surface area contributed by atoms with Gasteiger partial charge < -0.3 is 24.4 Å². The maximum Gasteiger partial charge on any atom is 0.293 e. The van der Waals surface area contributed by atoms with Crippen LogP contribution >= 0.6 is 0 Å². The molecule has 10 nitrogen and oxygen atoms in total. The molecule has 1 aromatic heterocycles. The normalized spacial score (nSPS) is 15.7. The molecule has 10 heteroatoms. The summed E-state index contributed by atoms with van der Waals surface area (Å²) in [5.74, 6) is -0.155. The van der Waals surface area contributed by atoms with Gasteiger partial charge in [0.1, 0.15) is 11.3 Å². The Kier molecular flexibility index (Phi) is 7.28. The highest BCUT2D eigenvalue weighted by Crippen LogP contribution is 2.32. The quantitative estimate of drug-likeness (QED) is 0.246. The highest BCUT2D eigenvalue weighted by atomic mass is 16.6. The van der Waals surface area contributed by atoms with Crippen molar-refractivity contribution in [2.45, 2.75) is 19.3 Å². The van der Waals surface area contributed by atoms with Crippen LogP contribution in [-0.4, -0.2) is 60.9 Å². The van der Waals surface area contributed by atoms with Crippen LogP contribution in [0, 0.1) is 10.1 Å². The van der Waals surface area contributed by atoms with E-state index in [2.05, 4.69) is 10.2 Å². The van der Waals surface area contributed by atoms with E-state index in [0.29, 0.717) is 48.9 Å². The van der Waals surface area contributed by atoms with Gasteiger partial charge in [-0.3, -0.25) is 19.7 Å². The van der Waals surface area contributed by atoms with Gasteiger partial charge >= 0.3 is 0 Å². The van der Waals surface area contributed by atoms with E-state index in [4.69, 9.17) is 4.42 Å². The zero-order valence-electron chi connectivity index (χ0n) is 22.6. The van der Waals surface area contributed by atoms with Crippen LogP contribution in [0.25, 0.3) is 11.0 Å². The Balaban J connectivity index is 1.06. The number of nitro benzene ring substituents is 1. The SMILES string of the molecule is O=C(Nc1ccc(N2CCN(C(=O)c3cc4ccccc4o3)CC2)cc1)c1ccc(N2CCCCC2)c([N+](=O)[O-])c1. The van der Waals surface area contributed by atoms with E-state index < -0.39 is 10.8 Å². The van der Waals surface area contributed by atoms with E-state index in [9.17, 15) is 19.7 Å². The van der Waals surface area contributed by atoms with Gasteiger partial charge in [0, 0.05) is 67.7 Å². The Morgan fingerprint density at radius 2 is 1.54 bits per heavy atom. The van der Waals surface area contributed by atoms with Crippen molar-refractivity contribution in [1.29, 1.82) is 0 Å². The molecule has 4 aromatic rings. The second-order valence-corrected chi connectivity index (χ2v) is 10.4. The molecular weight excluding hydrogens is 522 g/mol. The fourth-order valence-electron chi connectivity index (χ4n) is 5.58. The first kappa shape index (κ1) is 26.4. The molecular formula is C31H31N5O5. The number of nitrogens with one attached hydrogen (secondary N) is 1. The number of piperazine rings is 1. The number of rotatable bonds is 6. The third-order valence-corrected chi connectivity index (χ3v) is 7.82. The molecule has 41 heavy (non-hydrogen) atoms. The van der Waals surface area contributed by atoms with E-state index in [0.717, 1.165) is 43.4 Å². The fourth-order valence-corrected chi connectivity index (χ4v) is 5.58. The molecule has 6 rings (SSSR count). The van der Waals surface area contributed by atoms with E-state index in [-0.39, 0.29) is 17.2 Å². The molecule has 0 aliphatic carbocycles. The topological polar surface area (TPSA) is 112 Å². The molecule has 0 bridgehead atoms. The number of amides is 2. The largest absolute Gasteiger partial charge is 0.451 e. The first-order valence-corrected chi connectivity index (χ1v) is 13.9. The maximum atomic E-state index is 13.0. The second-order valence-electron chi connectivity index (χ2n) is 10.4. The number of fused-ring (bicyclic) bond motifs is 1. The Morgan fingerprint density at radius 1 is 0.805 bits per heavy atom. The van der Waals surface area contributed by atoms with Crippen LogP contribution in [-0.2, 0) is 0 Å². The summed E-state index contributed by atoms with van der Waals surface area (Å²) in [4.78, 5) is 43.3. The van der Waals surface area contributed by atoms with Crippen molar-refractivity contribution < 1.29 is 18.9 Å². The van der Waals surface area contributed by atoms with Crippen LogP contribution in [0.4, 0.5) is 22.7 Å². The summed E-state index contributed by atoms with van der Waals surface area (Å²) in [7, 11) is 0. The van der Waals surface area contributed by atoms with E-state index in [1.807, 2.05) is 53.4 Å². The minimum atomic E-state index is -0.417. The summed E-state index contributed by atoms with van der Waals surface area (Å²) in [5, 5.41) is 15.5. The number of hydrogen-bond acceptors (Lipinski definition) is 7. The van der Waals surface area contributed by atoms with Crippen LogP contribution in [0.1, 0.15) is 40.2 Å². The minimum absolute atomic E-state index is 0.0483. The Bertz CT molecular complexity index is 1550. The van der Waals surface area contributed by atoms with Crippen LogP contribution < -0.4 is 15.1 Å². The number of nitrogens with zero attached hydrogens (tertiary/aromatic N) is 4. The van der Waals surface area contributed by atoms with Gasteiger partial charge in [0.15, 0.2) is 5.76 Å². The monoisotopic (exact) mass is 553 g/mol. The molecule has 0 radical (unpaired) electrons. The van der Waals surface area contributed by atoms with Gasteiger partial charge in [0.2, 0.25) is 0 Å². The van der Waals surface area contributed by atoms with Gasteiger partial charge in [0.05, 0.1) is 4.92 Å². The minimum Gasteiger partial charge on any atom is -0.451 e. The number of anilines is 3. The number of benzene rings is 3. The molecule has 0 atom stereocenters. The van der Waals surface area contributed by atoms with E-state index in [1.165, 1.54) is 6.07 Å². The lowest BCUT2D eigenvalue weighted by molar-refractivity contribution is -0.384. The predicted octanol–water partition coefficient (Wildman–Crippen LogP) is 5.55. The third kappa shape index (κ3) is 5.58. The van der Waals surface area contributed by atoms with Crippen LogP contribution in [0.5, 0.6) is 0 Å². The van der Waals surface area contributed by atoms with Crippen LogP contribution in [0.15, 0.2) is 77.2 Å². The number of para-hydroxylation sites is 1. The van der Waals surface area contributed by atoms with Gasteiger partial charge in [0.25, 0.3) is 17.5 Å². The fraction of sp³-hybridized carbons (Fsp3) is 0.290. The Labute approximate surface area is 237 Å². The van der Waals surface area contributed by atoms with E-state index in [1.54, 1.807) is 23.1 Å². The predicted molar refractivity (Wildman–Crippen MR) is 158 cm³/mol. The van der Waals surface area contributed by atoms with Crippen LogP contribution in [0.3, 0.4) is 0 Å². The second kappa shape index (κ2) is 11.3. The summed E-state index contributed by atoms with van der Waals surface area (Å²) in [6.45, 7) is 4.05.